The minimum atomic E-state index is -0.677. The van der Waals surface area contributed by atoms with Crippen molar-refractivity contribution in [3.63, 3.8) is 0 Å². The summed E-state index contributed by atoms with van der Waals surface area (Å²) in [6.45, 7) is 6.49. The third-order valence-electron chi connectivity index (χ3n) is 4.45. The number of hydrogen-bond acceptors (Lipinski definition) is 6. The molecular formula is C18H23ClHgO6. The maximum Gasteiger partial charge on any atom is 1.00 e. The molecule has 8 heteroatoms. The minimum Gasteiger partial charge on any atom is -1.00 e. The molecule has 3 aliphatic rings. The van der Waals surface area contributed by atoms with E-state index in [9.17, 15) is 0 Å². The van der Waals surface area contributed by atoms with Crippen molar-refractivity contribution < 1.29 is 68.5 Å². The van der Waals surface area contributed by atoms with Gasteiger partial charge in [0.2, 0.25) is 6.29 Å². The predicted molar refractivity (Wildman–Crippen MR) is 83.5 cm³/mol. The zero-order valence-electron chi connectivity index (χ0n) is 15.2. The Morgan fingerprint density at radius 1 is 1.12 bits per heavy atom. The van der Waals surface area contributed by atoms with Gasteiger partial charge < -0.3 is 40.8 Å². The zero-order chi connectivity index (χ0) is 16.7. The van der Waals surface area contributed by atoms with Gasteiger partial charge in [0.1, 0.15) is 24.4 Å². The van der Waals surface area contributed by atoms with Crippen molar-refractivity contribution >= 4 is 0 Å². The number of halogens is 1. The molecule has 5 atom stereocenters. The van der Waals surface area contributed by atoms with Crippen LogP contribution in [0.5, 0.6) is 0 Å². The first-order chi connectivity index (χ1) is 11.5. The van der Waals surface area contributed by atoms with E-state index in [-0.39, 0.29) is 64.5 Å². The second-order valence-electron chi connectivity index (χ2n) is 6.79. The summed E-state index contributed by atoms with van der Waals surface area (Å²) in [5.41, 5.74) is 1.10. The largest absolute Gasteiger partial charge is 1.00 e. The Morgan fingerprint density at radius 2 is 1.85 bits per heavy atom. The van der Waals surface area contributed by atoms with Crippen molar-refractivity contribution in [2.24, 2.45) is 0 Å². The summed E-state index contributed by atoms with van der Waals surface area (Å²) in [4.78, 5) is 0. The average Bonchev–Trinajstić information content (AvgIpc) is 3.18. The molecule has 3 saturated heterocycles. The fourth-order valence-corrected chi connectivity index (χ4v) is 3.40. The third kappa shape index (κ3) is 4.78. The third-order valence-corrected chi connectivity index (χ3v) is 4.45. The molecular weight excluding hydrogens is 548 g/mol. The monoisotopic (exact) mass is 572 g/mol. The van der Waals surface area contributed by atoms with Gasteiger partial charge in [0.15, 0.2) is 12.1 Å². The normalized spacial score (nSPS) is 35.6. The molecule has 26 heavy (non-hydrogen) atoms. The molecule has 0 aromatic heterocycles. The van der Waals surface area contributed by atoms with Crippen LogP contribution in [0.25, 0.3) is 0 Å². The van der Waals surface area contributed by atoms with Crippen LogP contribution in [0.15, 0.2) is 30.3 Å². The quantitative estimate of drug-likeness (QED) is 0.450. The molecule has 1 aromatic rings. The van der Waals surface area contributed by atoms with E-state index < -0.39 is 12.1 Å². The molecule has 3 fully saturated rings. The van der Waals surface area contributed by atoms with E-state index in [2.05, 4.69) is 0 Å². The molecule has 0 aliphatic carbocycles. The summed E-state index contributed by atoms with van der Waals surface area (Å²) in [6.07, 6.45) is -0.960. The van der Waals surface area contributed by atoms with E-state index in [1.165, 1.54) is 0 Å². The van der Waals surface area contributed by atoms with Gasteiger partial charge in [-0.15, -0.1) is 0 Å². The van der Waals surface area contributed by atoms with Gasteiger partial charge in [0, 0.05) is 0 Å². The van der Waals surface area contributed by atoms with Crippen molar-refractivity contribution in [2.45, 2.75) is 63.9 Å². The van der Waals surface area contributed by atoms with Gasteiger partial charge in [-0.2, -0.15) is 0 Å². The van der Waals surface area contributed by atoms with E-state index in [1.54, 1.807) is 6.92 Å². The summed E-state index contributed by atoms with van der Waals surface area (Å²) in [7, 11) is 0. The van der Waals surface area contributed by atoms with Crippen LogP contribution in [0.1, 0.15) is 26.3 Å². The molecule has 0 saturated carbocycles. The first kappa shape index (κ1) is 22.5. The first-order valence-corrected chi connectivity index (χ1v) is 8.31. The van der Waals surface area contributed by atoms with Crippen LogP contribution in [0.2, 0.25) is 0 Å². The summed E-state index contributed by atoms with van der Waals surface area (Å²) in [6, 6.07) is 10.0. The van der Waals surface area contributed by atoms with E-state index >= 15 is 0 Å². The van der Waals surface area contributed by atoms with E-state index in [4.69, 9.17) is 28.4 Å². The van der Waals surface area contributed by atoms with Crippen molar-refractivity contribution in [3.05, 3.63) is 42.2 Å². The Hall–Kier alpha value is 0.205. The van der Waals surface area contributed by atoms with Gasteiger partial charge in [-0.25, -0.2) is 0 Å². The molecule has 140 valence electrons. The van der Waals surface area contributed by atoms with Gasteiger partial charge in [0.05, 0.1) is 13.2 Å². The van der Waals surface area contributed by atoms with Gasteiger partial charge in [-0.1, -0.05) is 30.3 Å². The van der Waals surface area contributed by atoms with Crippen molar-refractivity contribution in [1.82, 2.24) is 0 Å². The van der Waals surface area contributed by atoms with Crippen molar-refractivity contribution in [1.29, 1.82) is 0 Å². The van der Waals surface area contributed by atoms with Crippen LogP contribution in [0.3, 0.4) is 0 Å². The molecule has 0 N–H and O–H groups in total. The van der Waals surface area contributed by atoms with Gasteiger partial charge in [0.25, 0.3) is 0 Å². The van der Waals surface area contributed by atoms with Crippen LogP contribution in [-0.2, 0) is 62.7 Å². The molecule has 2 radical (unpaired) electrons. The smallest absolute Gasteiger partial charge is 1.00 e. The standard InChI is InChI=1S/C18H23O6.ClH.Hg/c1-11-19-10-13(21-11)14-15(20-9-12-7-5-4-6-8-12)16-17(22-14)24-18(2,3)23-16;;/h4-8,13-17H,9-10H2,1-3H3;1H;/q;;+1/p-1/t13-,14-,15+,16-,17-;;/m1../s1. The number of fused-ring (bicyclic) bond motifs is 1. The zero-order valence-corrected chi connectivity index (χ0v) is 21.5. The van der Waals surface area contributed by atoms with Crippen LogP contribution in [0.4, 0.5) is 0 Å². The molecule has 4 rings (SSSR count). The van der Waals surface area contributed by atoms with E-state index in [1.807, 2.05) is 44.2 Å². The molecule has 6 nitrogen and oxygen atoms in total. The number of ether oxygens (including phenoxy) is 6. The summed E-state index contributed by atoms with van der Waals surface area (Å²) >= 11 is 0. The molecule has 0 amide bonds. The average molecular weight is 571 g/mol. The van der Waals surface area contributed by atoms with Crippen LogP contribution in [0, 0.1) is 6.29 Å². The molecule has 3 aliphatic heterocycles. The van der Waals surface area contributed by atoms with Crippen LogP contribution < -0.4 is 12.4 Å². The molecule has 3 heterocycles. The maximum atomic E-state index is 6.18. The number of rotatable bonds is 4. The number of hydrogen-bond donors (Lipinski definition) is 0. The predicted octanol–water partition coefficient (Wildman–Crippen LogP) is -0.626. The fraction of sp³-hybridized carbons (Fsp3) is 0.611. The molecule has 0 unspecified atom stereocenters. The fourth-order valence-electron chi connectivity index (χ4n) is 3.40. The second kappa shape index (κ2) is 9.14. The molecule has 0 spiro atoms. The Labute approximate surface area is 180 Å². The van der Waals surface area contributed by atoms with Crippen molar-refractivity contribution in [3.8, 4) is 0 Å². The first-order valence-electron chi connectivity index (χ1n) is 8.31. The van der Waals surface area contributed by atoms with Gasteiger partial charge in [-0.3, -0.25) is 0 Å². The van der Waals surface area contributed by atoms with Gasteiger partial charge >= 0.3 is 27.7 Å². The second-order valence-corrected chi connectivity index (χ2v) is 6.79. The Balaban J connectivity index is 0.00000121. The molecule has 0 bridgehead atoms. The summed E-state index contributed by atoms with van der Waals surface area (Å²) < 4.78 is 35.3. The Morgan fingerprint density at radius 3 is 2.50 bits per heavy atom. The Bertz CT molecular complexity index is 574. The number of benzene rings is 1. The van der Waals surface area contributed by atoms with Gasteiger partial charge in [-0.05, 0) is 26.3 Å². The summed E-state index contributed by atoms with van der Waals surface area (Å²) in [5.74, 6) is -0.677. The Kier molecular flexibility index (Phi) is 7.90. The van der Waals surface area contributed by atoms with Crippen LogP contribution in [-0.4, -0.2) is 43.1 Å². The minimum absolute atomic E-state index is 0. The maximum absolute atomic E-state index is 6.18. The summed E-state index contributed by atoms with van der Waals surface area (Å²) in [5, 5.41) is 0. The molecule has 1 aromatic carbocycles. The van der Waals surface area contributed by atoms with E-state index in [0.717, 1.165) is 5.56 Å². The SMILES string of the molecule is C[C]1OC[C@H]([C@H]2O[C@@H]3OC(C)(C)O[C@@H]3[C@H]2OCc2ccccc2)O1.[Cl-].[Hg+]. The van der Waals surface area contributed by atoms with Crippen LogP contribution >= 0.6 is 0 Å². The van der Waals surface area contributed by atoms with E-state index in [0.29, 0.717) is 19.5 Å². The van der Waals surface area contributed by atoms with Crippen molar-refractivity contribution in [2.75, 3.05) is 6.61 Å². The topological polar surface area (TPSA) is 55.4 Å².